The summed E-state index contributed by atoms with van der Waals surface area (Å²) in [6.07, 6.45) is 1.11. The predicted octanol–water partition coefficient (Wildman–Crippen LogP) is 0.436. The second-order valence-corrected chi connectivity index (χ2v) is 3.36. The van der Waals surface area contributed by atoms with Crippen molar-refractivity contribution < 1.29 is 14.3 Å². The van der Waals surface area contributed by atoms with Crippen LogP contribution in [0.3, 0.4) is 0 Å². The van der Waals surface area contributed by atoms with E-state index in [1.54, 1.807) is 0 Å². The van der Waals surface area contributed by atoms with E-state index in [0.29, 0.717) is 0 Å². The van der Waals surface area contributed by atoms with Gasteiger partial charge in [-0.15, -0.1) is 0 Å². The Labute approximate surface area is 84.5 Å². The van der Waals surface area contributed by atoms with Gasteiger partial charge < -0.3 is 9.47 Å². The van der Waals surface area contributed by atoms with E-state index in [1.807, 2.05) is 6.92 Å². The van der Waals surface area contributed by atoms with Crippen LogP contribution < -0.4 is 0 Å². The second kappa shape index (κ2) is 5.78. The van der Waals surface area contributed by atoms with Crippen LogP contribution in [0.1, 0.15) is 6.92 Å². The fourth-order valence-electron chi connectivity index (χ4n) is 1.43. The molecule has 1 fully saturated rings. The fraction of sp³-hybridized carbons (Fsp3) is 0.700. The third kappa shape index (κ3) is 3.89. The van der Waals surface area contributed by atoms with Crippen molar-refractivity contribution in [3.63, 3.8) is 0 Å². The van der Waals surface area contributed by atoms with Gasteiger partial charge in [-0.2, -0.15) is 0 Å². The zero-order valence-electron chi connectivity index (χ0n) is 8.57. The number of hydrogen-bond acceptors (Lipinski definition) is 4. The number of carbonyl (C=O) groups is 1. The second-order valence-electron chi connectivity index (χ2n) is 3.36. The molecule has 0 amide bonds. The molecule has 0 N–H and O–H groups in total. The van der Waals surface area contributed by atoms with Crippen molar-refractivity contribution in [3.8, 4) is 0 Å². The molecule has 1 saturated heterocycles. The van der Waals surface area contributed by atoms with Gasteiger partial charge in [-0.25, -0.2) is 4.79 Å². The molecule has 0 bridgehead atoms. The maximum Gasteiger partial charge on any atom is 0.330 e. The third-order valence-corrected chi connectivity index (χ3v) is 2.10. The minimum atomic E-state index is -0.356. The summed E-state index contributed by atoms with van der Waals surface area (Å²) in [5.41, 5.74) is 0. The van der Waals surface area contributed by atoms with Crippen LogP contribution in [0.15, 0.2) is 12.7 Å². The van der Waals surface area contributed by atoms with Crippen LogP contribution in [-0.4, -0.2) is 49.8 Å². The van der Waals surface area contributed by atoms with Crippen molar-refractivity contribution in [1.29, 1.82) is 0 Å². The number of rotatable bonds is 4. The molecule has 4 heteroatoms. The van der Waals surface area contributed by atoms with Crippen LogP contribution in [0.4, 0.5) is 0 Å². The third-order valence-electron chi connectivity index (χ3n) is 2.10. The van der Waals surface area contributed by atoms with Gasteiger partial charge >= 0.3 is 5.97 Å². The zero-order chi connectivity index (χ0) is 10.4. The van der Waals surface area contributed by atoms with Crippen molar-refractivity contribution in [1.82, 2.24) is 4.90 Å². The molecule has 1 aliphatic rings. The first-order chi connectivity index (χ1) is 6.72. The fourth-order valence-corrected chi connectivity index (χ4v) is 1.43. The molecular weight excluding hydrogens is 182 g/mol. The van der Waals surface area contributed by atoms with Crippen molar-refractivity contribution >= 4 is 5.97 Å². The highest BCUT2D eigenvalue weighted by molar-refractivity contribution is 5.81. The number of ether oxygens (including phenoxy) is 2. The molecule has 80 valence electrons. The first kappa shape index (κ1) is 11.2. The topological polar surface area (TPSA) is 38.8 Å². The van der Waals surface area contributed by atoms with Gasteiger partial charge in [0.1, 0.15) is 6.10 Å². The van der Waals surface area contributed by atoms with Gasteiger partial charge in [-0.3, -0.25) is 4.90 Å². The Hall–Kier alpha value is -0.870. The molecule has 0 aliphatic carbocycles. The number of esters is 1. The SMILES string of the molecule is C=CC(=O)OC(C)CN1CCOCC1. The van der Waals surface area contributed by atoms with Crippen LogP contribution in [0.25, 0.3) is 0 Å². The maximum atomic E-state index is 10.9. The van der Waals surface area contributed by atoms with Crippen molar-refractivity contribution in [2.24, 2.45) is 0 Å². The largest absolute Gasteiger partial charge is 0.458 e. The molecule has 0 aromatic carbocycles. The molecular formula is C10H17NO3. The van der Waals surface area contributed by atoms with Gasteiger partial charge in [0.15, 0.2) is 0 Å². The lowest BCUT2D eigenvalue weighted by atomic mass is 10.3. The Bertz CT molecular complexity index is 200. The molecule has 1 heterocycles. The van der Waals surface area contributed by atoms with Gasteiger partial charge in [0.25, 0.3) is 0 Å². The standard InChI is InChI=1S/C10H17NO3/c1-3-10(12)14-9(2)8-11-4-6-13-7-5-11/h3,9H,1,4-8H2,2H3. The summed E-state index contributed by atoms with van der Waals surface area (Å²) in [6, 6.07) is 0. The minimum absolute atomic E-state index is 0.0846. The molecule has 0 radical (unpaired) electrons. The van der Waals surface area contributed by atoms with Gasteiger partial charge in [0.05, 0.1) is 13.2 Å². The van der Waals surface area contributed by atoms with E-state index in [9.17, 15) is 4.79 Å². The molecule has 0 spiro atoms. The highest BCUT2D eigenvalue weighted by Crippen LogP contribution is 2.01. The van der Waals surface area contributed by atoms with Gasteiger partial charge in [-0.1, -0.05) is 6.58 Å². The average Bonchev–Trinajstić information content (AvgIpc) is 2.19. The number of hydrogen-bond donors (Lipinski definition) is 0. The van der Waals surface area contributed by atoms with Crippen LogP contribution >= 0.6 is 0 Å². The number of carbonyl (C=O) groups excluding carboxylic acids is 1. The highest BCUT2D eigenvalue weighted by atomic mass is 16.5. The number of morpholine rings is 1. The van der Waals surface area contributed by atoms with E-state index in [-0.39, 0.29) is 12.1 Å². The summed E-state index contributed by atoms with van der Waals surface area (Å²) in [5, 5.41) is 0. The van der Waals surface area contributed by atoms with Gasteiger partial charge in [0.2, 0.25) is 0 Å². The highest BCUT2D eigenvalue weighted by Gasteiger charge is 2.15. The maximum absolute atomic E-state index is 10.9. The summed E-state index contributed by atoms with van der Waals surface area (Å²) < 4.78 is 10.3. The Kier molecular flexibility index (Phi) is 4.62. The van der Waals surface area contributed by atoms with Crippen molar-refractivity contribution in [2.75, 3.05) is 32.8 Å². The predicted molar refractivity (Wildman–Crippen MR) is 53.0 cm³/mol. The van der Waals surface area contributed by atoms with E-state index < -0.39 is 0 Å². The smallest absolute Gasteiger partial charge is 0.330 e. The normalized spacial score (nSPS) is 20.1. The van der Waals surface area contributed by atoms with Crippen LogP contribution in [0.2, 0.25) is 0 Å². The van der Waals surface area contributed by atoms with E-state index in [1.165, 1.54) is 6.08 Å². The van der Waals surface area contributed by atoms with Crippen LogP contribution in [0.5, 0.6) is 0 Å². The first-order valence-electron chi connectivity index (χ1n) is 4.85. The summed E-state index contributed by atoms with van der Waals surface area (Å²) >= 11 is 0. The van der Waals surface area contributed by atoms with E-state index in [0.717, 1.165) is 32.8 Å². The lowest BCUT2D eigenvalue weighted by Gasteiger charge is -2.28. The summed E-state index contributed by atoms with van der Waals surface area (Å²) in [4.78, 5) is 13.1. The Balaban J connectivity index is 2.21. The van der Waals surface area contributed by atoms with Crippen molar-refractivity contribution in [3.05, 3.63) is 12.7 Å². The molecule has 14 heavy (non-hydrogen) atoms. The van der Waals surface area contributed by atoms with Crippen LogP contribution in [0, 0.1) is 0 Å². The van der Waals surface area contributed by atoms with E-state index in [2.05, 4.69) is 11.5 Å². The molecule has 4 nitrogen and oxygen atoms in total. The Morgan fingerprint density at radius 3 is 2.86 bits per heavy atom. The minimum Gasteiger partial charge on any atom is -0.458 e. The van der Waals surface area contributed by atoms with Crippen molar-refractivity contribution in [2.45, 2.75) is 13.0 Å². The molecule has 1 unspecified atom stereocenters. The first-order valence-corrected chi connectivity index (χ1v) is 4.85. The lowest BCUT2D eigenvalue weighted by Crippen LogP contribution is -2.41. The van der Waals surface area contributed by atoms with E-state index >= 15 is 0 Å². The molecule has 1 atom stereocenters. The quantitative estimate of drug-likeness (QED) is 0.486. The summed E-state index contributed by atoms with van der Waals surface area (Å²) in [5.74, 6) is -0.356. The Morgan fingerprint density at radius 1 is 1.64 bits per heavy atom. The van der Waals surface area contributed by atoms with E-state index in [4.69, 9.17) is 9.47 Å². The van der Waals surface area contributed by atoms with Gasteiger partial charge in [0, 0.05) is 25.7 Å². The van der Waals surface area contributed by atoms with Crippen LogP contribution in [-0.2, 0) is 14.3 Å². The van der Waals surface area contributed by atoms with Gasteiger partial charge in [-0.05, 0) is 6.92 Å². The molecule has 0 aromatic rings. The monoisotopic (exact) mass is 199 g/mol. The molecule has 1 aliphatic heterocycles. The zero-order valence-corrected chi connectivity index (χ0v) is 8.57. The average molecular weight is 199 g/mol. The Morgan fingerprint density at radius 2 is 2.29 bits per heavy atom. The molecule has 1 rings (SSSR count). The lowest BCUT2D eigenvalue weighted by molar-refractivity contribution is -0.143. The molecule has 0 aromatic heterocycles. The summed E-state index contributed by atoms with van der Waals surface area (Å²) in [7, 11) is 0. The molecule has 0 saturated carbocycles. The summed E-state index contributed by atoms with van der Waals surface area (Å²) in [6.45, 7) is 9.36. The number of nitrogens with zero attached hydrogens (tertiary/aromatic N) is 1.